The third kappa shape index (κ3) is 1.80. The number of ether oxygens (including phenoxy) is 1. The molecular formula is C8H9FN2O3. The molecular weight excluding hydrogens is 191 g/mol. The zero-order valence-electron chi connectivity index (χ0n) is 7.49. The van der Waals surface area contributed by atoms with Crippen molar-refractivity contribution in [1.82, 2.24) is 0 Å². The van der Waals surface area contributed by atoms with Gasteiger partial charge >= 0.3 is 0 Å². The molecule has 0 amide bonds. The van der Waals surface area contributed by atoms with E-state index in [1.165, 1.54) is 13.2 Å². The van der Waals surface area contributed by atoms with E-state index < -0.39 is 22.1 Å². The van der Waals surface area contributed by atoms with E-state index in [1.54, 1.807) is 0 Å². The summed E-state index contributed by atoms with van der Waals surface area (Å²) in [6.07, 6.45) is 0. The Kier molecular flexibility index (Phi) is 2.98. The van der Waals surface area contributed by atoms with Crippen molar-refractivity contribution < 1.29 is 14.1 Å². The molecule has 0 bridgehead atoms. The van der Waals surface area contributed by atoms with Gasteiger partial charge in [0.05, 0.1) is 11.5 Å². The highest BCUT2D eigenvalue weighted by molar-refractivity contribution is 5.60. The molecule has 0 saturated carbocycles. The van der Waals surface area contributed by atoms with Crippen LogP contribution < -0.4 is 5.73 Å². The molecule has 0 heterocycles. The molecule has 0 aromatic heterocycles. The van der Waals surface area contributed by atoms with Crippen molar-refractivity contribution in [3.05, 3.63) is 33.6 Å². The number of methoxy groups -OCH3 is 1. The van der Waals surface area contributed by atoms with Gasteiger partial charge in [-0.2, -0.15) is 0 Å². The molecule has 1 aromatic carbocycles. The Bertz CT molecular complexity index is 368. The molecule has 0 spiro atoms. The minimum absolute atomic E-state index is 0.0357. The van der Waals surface area contributed by atoms with Crippen LogP contribution in [0.15, 0.2) is 12.1 Å². The highest BCUT2D eigenvalue weighted by atomic mass is 19.1. The average Bonchev–Trinajstić information content (AvgIpc) is 2.13. The first-order valence-corrected chi connectivity index (χ1v) is 3.78. The number of nitrogens with zero attached hydrogens (tertiary/aromatic N) is 1. The summed E-state index contributed by atoms with van der Waals surface area (Å²) in [7, 11) is 1.40. The largest absolute Gasteiger partial charge is 0.391 e. The number of benzene rings is 1. The first kappa shape index (κ1) is 10.4. The van der Waals surface area contributed by atoms with Crippen molar-refractivity contribution in [3.8, 4) is 0 Å². The van der Waals surface area contributed by atoms with Crippen molar-refractivity contribution in [3.63, 3.8) is 0 Å². The molecule has 76 valence electrons. The third-order valence-corrected chi connectivity index (χ3v) is 1.73. The minimum Gasteiger partial charge on any atom is -0.391 e. The fourth-order valence-electron chi connectivity index (χ4n) is 1.05. The van der Waals surface area contributed by atoms with Crippen molar-refractivity contribution >= 4 is 11.4 Å². The number of rotatable bonds is 3. The van der Waals surface area contributed by atoms with Crippen LogP contribution in [0, 0.1) is 15.9 Å². The van der Waals surface area contributed by atoms with Crippen LogP contribution in [0.3, 0.4) is 0 Å². The second-order valence-corrected chi connectivity index (χ2v) is 2.66. The van der Waals surface area contributed by atoms with Crippen LogP contribution in [0.2, 0.25) is 0 Å². The molecule has 0 radical (unpaired) electrons. The Labute approximate surface area is 79.4 Å². The van der Waals surface area contributed by atoms with E-state index in [4.69, 9.17) is 10.5 Å². The van der Waals surface area contributed by atoms with Crippen LogP contribution in [0.4, 0.5) is 15.8 Å². The molecule has 1 aromatic rings. The maximum Gasteiger partial charge on any atom is 0.295 e. The van der Waals surface area contributed by atoms with Gasteiger partial charge in [-0.05, 0) is 6.07 Å². The predicted molar refractivity (Wildman–Crippen MR) is 48.2 cm³/mol. The Morgan fingerprint density at radius 3 is 2.79 bits per heavy atom. The maximum atomic E-state index is 13.3. The summed E-state index contributed by atoms with van der Waals surface area (Å²) in [5.74, 6) is -0.791. The van der Waals surface area contributed by atoms with Crippen LogP contribution in [-0.4, -0.2) is 12.0 Å². The number of nitrogen functional groups attached to an aromatic ring is 1. The lowest BCUT2D eigenvalue weighted by Gasteiger charge is -2.04. The van der Waals surface area contributed by atoms with Gasteiger partial charge in [0.1, 0.15) is 5.69 Å². The first-order chi connectivity index (χ1) is 6.57. The Hall–Kier alpha value is -1.69. The van der Waals surface area contributed by atoms with Crippen molar-refractivity contribution in [1.29, 1.82) is 0 Å². The number of anilines is 1. The lowest BCUT2D eigenvalue weighted by Crippen LogP contribution is -2.02. The normalized spacial score (nSPS) is 10.1. The summed E-state index contributed by atoms with van der Waals surface area (Å²) in [6, 6.07) is 2.44. The Morgan fingerprint density at radius 1 is 1.64 bits per heavy atom. The van der Waals surface area contributed by atoms with Gasteiger partial charge in [0.2, 0.25) is 0 Å². The second kappa shape index (κ2) is 4.01. The van der Waals surface area contributed by atoms with E-state index >= 15 is 0 Å². The quantitative estimate of drug-likeness (QED) is 0.455. The fourth-order valence-corrected chi connectivity index (χ4v) is 1.05. The van der Waals surface area contributed by atoms with Crippen LogP contribution in [0.25, 0.3) is 0 Å². The molecule has 0 aliphatic rings. The van der Waals surface area contributed by atoms with Gasteiger partial charge in [0.15, 0.2) is 5.82 Å². The summed E-state index contributed by atoms with van der Waals surface area (Å²) >= 11 is 0. The predicted octanol–water partition coefficient (Wildman–Crippen LogP) is 1.46. The van der Waals surface area contributed by atoms with E-state index in [2.05, 4.69) is 0 Å². The van der Waals surface area contributed by atoms with Gasteiger partial charge in [-0.3, -0.25) is 10.1 Å². The van der Waals surface area contributed by atoms with E-state index in [9.17, 15) is 14.5 Å². The molecule has 2 N–H and O–H groups in total. The molecule has 0 unspecified atom stereocenters. The minimum atomic E-state index is -0.791. The highest BCUT2D eigenvalue weighted by Gasteiger charge is 2.17. The van der Waals surface area contributed by atoms with Gasteiger partial charge in [0.25, 0.3) is 5.69 Å². The SMILES string of the molecule is COCc1ccc([N+](=O)[O-])c(N)c1F. The van der Waals surface area contributed by atoms with E-state index in [0.717, 1.165) is 6.07 Å². The molecule has 14 heavy (non-hydrogen) atoms. The fraction of sp³-hybridized carbons (Fsp3) is 0.250. The summed E-state index contributed by atoms with van der Waals surface area (Å²) in [5.41, 5.74) is 4.56. The monoisotopic (exact) mass is 200 g/mol. The van der Waals surface area contributed by atoms with Gasteiger partial charge in [-0.1, -0.05) is 0 Å². The zero-order chi connectivity index (χ0) is 10.7. The van der Waals surface area contributed by atoms with Crippen molar-refractivity contribution in [2.45, 2.75) is 6.61 Å². The van der Waals surface area contributed by atoms with Crippen LogP contribution >= 0.6 is 0 Å². The lowest BCUT2D eigenvalue weighted by atomic mass is 10.1. The van der Waals surface area contributed by atoms with Gasteiger partial charge in [-0.25, -0.2) is 4.39 Å². The van der Waals surface area contributed by atoms with Gasteiger partial charge in [0, 0.05) is 18.7 Å². The lowest BCUT2D eigenvalue weighted by molar-refractivity contribution is -0.384. The number of hydrogen-bond donors (Lipinski definition) is 1. The molecule has 0 fully saturated rings. The number of hydrogen-bond acceptors (Lipinski definition) is 4. The number of nitro groups is 1. The topological polar surface area (TPSA) is 78.4 Å². The molecule has 0 saturated heterocycles. The molecule has 5 nitrogen and oxygen atoms in total. The summed E-state index contributed by atoms with van der Waals surface area (Å²) in [5, 5.41) is 10.4. The number of halogens is 1. The Morgan fingerprint density at radius 2 is 2.29 bits per heavy atom. The number of nitro benzene ring substituents is 1. The van der Waals surface area contributed by atoms with Gasteiger partial charge < -0.3 is 10.5 Å². The van der Waals surface area contributed by atoms with Crippen molar-refractivity contribution in [2.75, 3.05) is 12.8 Å². The van der Waals surface area contributed by atoms with E-state index in [0.29, 0.717) is 0 Å². The second-order valence-electron chi connectivity index (χ2n) is 2.66. The van der Waals surface area contributed by atoms with Crippen LogP contribution in [0.1, 0.15) is 5.56 Å². The van der Waals surface area contributed by atoms with Gasteiger partial charge in [-0.15, -0.1) is 0 Å². The standard InChI is InChI=1S/C8H9FN2O3/c1-14-4-5-2-3-6(11(12)13)8(10)7(5)9/h2-3H,4,10H2,1H3. The van der Waals surface area contributed by atoms with E-state index in [-0.39, 0.29) is 12.2 Å². The molecule has 1 rings (SSSR count). The zero-order valence-corrected chi connectivity index (χ0v) is 7.49. The average molecular weight is 200 g/mol. The highest BCUT2D eigenvalue weighted by Crippen LogP contribution is 2.26. The van der Waals surface area contributed by atoms with Crippen LogP contribution in [0.5, 0.6) is 0 Å². The summed E-state index contributed by atoms with van der Waals surface area (Å²) < 4.78 is 18.0. The third-order valence-electron chi connectivity index (χ3n) is 1.73. The molecule has 0 atom stereocenters. The smallest absolute Gasteiger partial charge is 0.295 e. The first-order valence-electron chi connectivity index (χ1n) is 3.78. The Balaban J connectivity index is 3.19. The molecule has 0 aliphatic heterocycles. The summed E-state index contributed by atoms with van der Waals surface area (Å²) in [4.78, 5) is 9.64. The van der Waals surface area contributed by atoms with E-state index in [1.807, 2.05) is 0 Å². The number of nitrogens with two attached hydrogens (primary N) is 1. The van der Waals surface area contributed by atoms with Crippen molar-refractivity contribution in [2.24, 2.45) is 0 Å². The summed E-state index contributed by atoms with van der Waals surface area (Å²) in [6.45, 7) is 0.0357. The molecule has 6 heteroatoms. The maximum absolute atomic E-state index is 13.3. The van der Waals surface area contributed by atoms with Crippen LogP contribution in [-0.2, 0) is 11.3 Å². The molecule has 0 aliphatic carbocycles.